The highest BCUT2D eigenvalue weighted by Gasteiger charge is 2.38. The number of fused-ring (bicyclic) bond motifs is 9. The summed E-state index contributed by atoms with van der Waals surface area (Å²) in [6.07, 6.45) is 0. The van der Waals surface area contributed by atoms with E-state index in [2.05, 4.69) is 183 Å². The van der Waals surface area contributed by atoms with Gasteiger partial charge in [-0.25, -0.2) is 0 Å². The van der Waals surface area contributed by atoms with Gasteiger partial charge in [0.2, 0.25) is 0 Å². The van der Waals surface area contributed by atoms with E-state index in [0.29, 0.717) is 0 Å². The summed E-state index contributed by atoms with van der Waals surface area (Å²) in [6.45, 7) is 4.73. The van der Waals surface area contributed by atoms with E-state index in [1.807, 2.05) is 11.3 Å². The molecule has 0 saturated carbocycles. The molecule has 49 heavy (non-hydrogen) atoms. The Kier molecular flexibility index (Phi) is 6.16. The van der Waals surface area contributed by atoms with Crippen molar-refractivity contribution in [2.45, 2.75) is 19.3 Å². The Morgan fingerprint density at radius 3 is 2.02 bits per heavy atom. The van der Waals surface area contributed by atoms with E-state index in [1.165, 1.54) is 80.8 Å². The zero-order chi connectivity index (χ0) is 32.7. The predicted molar refractivity (Wildman–Crippen MR) is 212 cm³/mol. The molecule has 0 unspecified atom stereocenters. The maximum absolute atomic E-state index is 2.52. The maximum atomic E-state index is 2.52. The van der Waals surface area contributed by atoms with Crippen molar-refractivity contribution in [3.63, 3.8) is 0 Å². The highest BCUT2D eigenvalue weighted by Crippen LogP contribution is 2.55. The molecule has 1 aliphatic rings. The molecular formula is C47H33NS. The molecule has 2 heteroatoms. The highest BCUT2D eigenvalue weighted by atomic mass is 32.1. The van der Waals surface area contributed by atoms with Crippen LogP contribution in [0, 0.1) is 0 Å². The van der Waals surface area contributed by atoms with Crippen LogP contribution in [0.2, 0.25) is 0 Å². The van der Waals surface area contributed by atoms with Crippen LogP contribution in [0.3, 0.4) is 0 Å². The Morgan fingerprint density at radius 2 is 1.10 bits per heavy atom. The topological polar surface area (TPSA) is 3.24 Å². The van der Waals surface area contributed by atoms with Gasteiger partial charge >= 0.3 is 0 Å². The lowest BCUT2D eigenvalue weighted by atomic mass is 9.82. The van der Waals surface area contributed by atoms with Gasteiger partial charge in [-0.2, -0.15) is 0 Å². The summed E-state index contributed by atoms with van der Waals surface area (Å²) < 4.78 is 2.69. The third-order valence-electron chi connectivity index (χ3n) is 10.7. The molecule has 0 amide bonds. The molecule has 0 radical (unpaired) electrons. The second kappa shape index (κ2) is 10.7. The van der Waals surface area contributed by atoms with Crippen LogP contribution < -0.4 is 4.90 Å². The Bertz CT molecular complexity index is 2760. The molecule has 1 aromatic heterocycles. The minimum absolute atomic E-state index is 0.0983. The number of benzene rings is 8. The lowest BCUT2D eigenvalue weighted by molar-refractivity contribution is 0.660. The Morgan fingerprint density at radius 1 is 0.449 bits per heavy atom. The van der Waals surface area contributed by atoms with Crippen LogP contribution in [-0.4, -0.2) is 0 Å². The number of hydrogen-bond acceptors (Lipinski definition) is 2. The predicted octanol–water partition coefficient (Wildman–Crippen LogP) is 13.8. The van der Waals surface area contributed by atoms with Crippen molar-refractivity contribution >= 4 is 70.1 Å². The summed E-state index contributed by atoms with van der Waals surface area (Å²) in [5.74, 6) is 0. The fourth-order valence-corrected chi connectivity index (χ4v) is 9.56. The third-order valence-corrected chi connectivity index (χ3v) is 11.9. The van der Waals surface area contributed by atoms with Crippen molar-refractivity contribution in [2.24, 2.45) is 0 Å². The van der Waals surface area contributed by atoms with Crippen molar-refractivity contribution in [3.05, 3.63) is 175 Å². The fourth-order valence-electron chi connectivity index (χ4n) is 8.32. The highest BCUT2D eigenvalue weighted by molar-refractivity contribution is 7.26. The molecule has 0 bridgehead atoms. The molecule has 1 aliphatic carbocycles. The lowest BCUT2D eigenvalue weighted by Gasteiger charge is -2.31. The Hall–Kier alpha value is -5.70. The van der Waals surface area contributed by atoms with Crippen LogP contribution in [0.5, 0.6) is 0 Å². The maximum Gasteiger partial charge on any atom is 0.0543 e. The van der Waals surface area contributed by atoms with Gasteiger partial charge in [-0.1, -0.05) is 147 Å². The normalized spacial score (nSPS) is 13.3. The molecule has 0 spiro atoms. The molecule has 1 heterocycles. The second-order valence-electron chi connectivity index (χ2n) is 13.7. The SMILES string of the molecule is CC1(C)c2ccccc2-c2c(N(c3ccc4c(ccc5c6ccccc6sc45)c3)c3ccccc3-c3cccc4ccccc34)cccc21. The molecule has 8 aromatic carbocycles. The molecule has 0 fully saturated rings. The zero-order valence-corrected chi connectivity index (χ0v) is 28.3. The van der Waals surface area contributed by atoms with Crippen LogP contribution in [0.1, 0.15) is 25.0 Å². The van der Waals surface area contributed by atoms with E-state index in [9.17, 15) is 0 Å². The first-order valence-corrected chi connectivity index (χ1v) is 17.8. The quantitative estimate of drug-likeness (QED) is 0.184. The van der Waals surface area contributed by atoms with Gasteiger partial charge in [-0.15, -0.1) is 11.3 Å². The van der Waals surface area contributed by atoms with Crippen molar-refractivity contribution in [3.8, 4) is 22.3 Å². The second-order valence-corrected chi connectivity index (χ2v) is 14.7. The third kappa shape index (κ3) is 4.17. The van der Waals surface area contributed by atoms with E-state index in [0.717, 1.165) is 11.4 Å². The van der Waals surface area contributed by atoms with Gasteiger partial charge in [-0.05, 0) is 74.1 Å². The minimum Gasteiger partial charge on any atom is -0.309 e. The Balaban J connectivity index is 1.27. The van der Waals surface area contributed by atoms with Crippen molar-refractivity contribution < 1.29 is 0 Å². The van der Waals surface area contributed by atoms with Crippen LogP contribution in [0.25, 0.3) is 64.0 Å². The van der Waals surface area contributed by atoms with E-state index in [-0.39, 0.29) is 5.41 Å². The van der Waals surface area contributed by atoms with Crippen molar-refractivity contribution in [2.75, 3.05) is 4.90 Å². The smallest absolute Gasteiger partial charge is 0.0543 e. The zero-order valence-electron chi connectivity index (χ0n) is 27.4. The van der Waals surface area contributed by atoms with Crippen LogP contribution in [0.15, 0.2) is 164 Å². The molecule has 0 N–H and O–H groups in total. The van der Waals surface area contributed by atoms with Gasteiger partial charge in [-0.3, -0.25) is 0 Å². The number of rotatable bonds is 4. The van der Waals surface area contributed by atoms with E-state index >= 15 is 0 Å². The monoisotopic (exact) mass is 643 g/mol. The number of anilines is 3. The number of nitrogens with zero attached hydrogens (tertiary/aromatic N) is 1. The number of thiophene rings is 1. The van der Waals surface area contributed by atoms with Crippen LogP contribution in [0.4, 0.5) is 17.1 Å². The summed E-state index contributed by atoms with van der Waals surface area (Å²) in [4.78, 5) is 2.52. The number of para-hydroxylation sites is 1. The molecule has 10 rings (SSSR count). The lowest BCUT2D eigenvalue weighted by Crippen LogP contribution is -2.16. The standard InChI is InChI=1S/C47H33NS/c1-47(2)40-20-8-5-18-39(40)45-41(47)21-12-23-43(45)48(42-22-9-6-16-36(42)35-19-11-14-30-13-3-4-15-33(30)35)32-26-28-34-31(29-32)25-27-38-37-17-7-10-24-44(37)49-46(34)38/h3-29H,1-2H3. The summed E-state index contributed by atoms with van der Waals surface area (Å²) in [5.41, 5.74) is 11.2. The van der Waals surface area contributed by atoms with Crippen molar-refractivity contribution in [1.29, 1.82) is 0 Å². The van der Waals surface area contributed by atoms with Crippen LogP contribution >= 0.6 is 11.3 Å². The summed E-state index contributed by atoms with van der Waals surface area (Å²) in [6, 6.07) is 60.6. The largest absolute Gasteiger partial charge is 0.309 e. The van der Waals surface area contributed by atoms with E-state index in [1.54, 1.807) is 0 Å². The molecule has 1 nitrogen and oxygen atoms in total. The van der Waals surface area contributed by atoms with Gasteiger partial charge in [0.05, 0.1) is 11.4 Å². The van der Waals surface area contributed by atoms with E-state index in [4.69, 9.17) is 0 Å². The molecule has 0 saturated heterocycles. The van der Waals surface area contributed by atoms with Crippen molar-refractivity contribution in [1.82, 2.24) is 0 Å². The van der Waals surface area contributed by atoms with E-state index < -0.39 is 0 Å². The van der Waals surface area contributed by atoms with Gasteiger partial charge < -0.3 is 4.90 Å². The summed E-state index contributed by atoms with van der Waals surface area (Å²) in [5, 5.41) is 7.72. The van der Waals surface area contributed by atoms with Crippen LogP contribution in [-0.2, 0) is 5.41 Å². The van der Waals surface area contributed by atoms with Gasteiger partial charge in [0.1, 0.15) is 0 Å². The molecule has 0 atom stereocenters. The first-order chi connectivity index (χ1) is 24.1. The molecule has 0 aliphatic heterocycles. The fraction of sp³-hybridized carbons (Fsp3) is 0.0638. The summed E-state index contributed by atoms with van der Waals surface area (Å²) in [7, 11) is 0. The van der Waals surface area contributed by atoms with Gasteiger partial charge in [0.25, 0.3) is 0 Å². The first-order valence-electron chi connectivity index (χ1n) is 17.0. The summed E-state index contributed by atoms with van der Waals surface area (Å²) >= 11 is 1.89. The minimum atomic E-state index is -0.0983. The average molecular weight is 644 g/mol. The van der Waals surface area contributed by atoms with Gasteiger partial charge in [0, 0.05) is 42.4 Å². The first kappa shape index (κ1) is 28.3. The molecule has 232 valence electrons. The number of hydrogen-bond donors (Lipinski definition) is 0. The van der Waals surface area contributed by atoms with Gasteiger partial charge in [0.15, 0.2) is 0 Å². The molecular weight excluding hydrogens is 611 g/mol. The molecule has 9 aromatic rings. The average Bonchev–Trinajstić information content (AvgIpc) is 3.64. The Labute approximate surface area is 290 Å².